The van der Waals surface area contributed by atoms with Gasteiger partial charge < -0.3 is 9.73 Å². The van der Waals surface area contributed by atoms with Crippen molar-refractivity contribution in [2.24, 2.45) is 0 Å². The van der Waals surface area contributed by atoms with Crippen molar-refractivity contribution in [3.63, 3.8) is 0 Å². The van der Waals surface area contributed by atoms with Crippen molar-refractivity contribution in [2.75, 3.05) is 12.3 Å². The van der Waals surface area contributed by atoms with Gasteiger partial charge in [-0.1, -0.05) is 23.7 Å². The van der Waals surface area contributed by atoms with Gasteiger partial charge in [-0.15, -0.1) is 11.8 Å². The Morgan fingerprint density at radius 2 is 1.96 bits per heavy atom. The fourth-order valence-corrected chi connectivity index (χ4v) is 3.72. The fourth-order valence-electron chi connectivity index (χ4n) is 2.83. The van der Waals surface area contributed by atoms with Crippen LogP contribution >= 0.6 is 23.4 Å². The lowest BCUT2D eigenvalue weighted by Crippen LogP contribution is -2.33. The first-order valence-electron chi connectivity index (χ1n) is 8.63. The molecule has 0 spiro atoms. The number of hydrogen-bond donors (Lipinski definition) is 1. The maximum absolute atomic E-state index is 12.6. The molecule has 2 aromatic heterocycles. The van der Waals surface area contributed by atoms with E-state index < -0.39 is 0 Å². The topological polar surface area (TPSA) is 77.1 Å². The van der Waals surface area contributed by atoms with Crippen LogP contribution < -0.4 is 10.9 Å². The largest absolute Gasteiger partial charge is 0.448 e. The lowest BCUT2D eigenvalue weighted by molar-refractivity contribution is -0.121. The molecule has 6 nitrogen and oxygen atoms in total. The van der Waals surface area contributed by atoms with Crippen LogP contribution in [0, 0.1) is 0 Å². The highest BCUT2D eigenvalue weighted by atomic mass is 35.5. The summed E-state index contributed by atoms with van der Waals surface area (Å²) in [6, 6.07) is 14.9. The first kappa shape index (κ1) is 18.6. The number of nitrogens with one attached hydrogen (secondary N) is 1. The number of halogens is 1. The van der Waals surface area contributed by atoms with Gasteiger partial charge in [-0.05, 0) is 36.4 Å². The first-order valence-corrected chi connectivity index (χ1v) is 10.00. The number of rotatable bonds is 6. The van der Waals surface area contributed by atoms with Gasteiger partial charge in [0.2, 0.25) is 11.5 Å². The second kappa shape index (κ2) is 8.08. The number of carbonyl (C=O) groups is 1. The number of para-hydroxylation sites is 1. The molecule has 4 rings (SSSR count). The van der Waals surface area contributed by atoms with Crippen molar-refractivity contribution in [3.8, 4) is 0 Å². The monoisotopic (exact) mass is 413 g/mol. The fraction of sp³-hybridized carbons (Fsp3) is 0.150. The minimum absolute atomic E-state index is 0.107. The molecule has 0 unspecified atom stereocenters. The average molecular weight is 414 g/mol. The van der Waals surface area contributed by atoms with Gasteiger partial charge in [-0.3, -0.25) is 14.2 Å². The van der Waals surface area contributed by atoms with Crippen molar-refractivity contribution in [2.45, 2.75) is 11.4 Å². The number of benzene rings is 2. The van der Waals surface area contributed by atoms with E-state index in [9.17, 15) is 9.59 Å². The predicted octanol–water partition coefficient (Wildman–Crippen LogP) is 3.70. The van der Waals surface area contributed by atoms with E-state index in [-0.39, 0.29) is 23.6 Å². The van der Waals surface area contributed by atoms with Crippen LogP contribution in [-0.2, 0) is 11.3 Å². The molecule has 1 N–H and O–H groups in total. The molecule has 2 heterocycles. The minimum atomic E-state index is -0.369. The van der Waals surface area contributed by atoms with E-state index in [4.69, 9.17) is 16.0 Å². The Kier molecular flexibility index (Phi) is 5.36. The van der Waals surface area contributed by atoms with E-state index in [0.717, 1.165) is 10.3 Å². The second-order valence-corrected chi connectivity index (χ2v) is 7.71. The van der Waals surface area contributed by atoms with Crippen LogP contribution in [0.2, 0.25) is 5.02 Å². The van der Waals surface area contributed by atoms with Crippen LogP contribution in [0.3, 0.4) is 0 Å². The molecular formula is C20H16ClN3O3S. The zero-order valence-corrected chi connectivity index (χ0v) is 16.3. The minimum Gasteiger partial charge on any atom is -0.448 e. The molecule has 142 valence electrons. The summed E-state index contributed by atoms with van der Waals surface area (Å²) >= 11 is 7.47. The van der Waals surface area contributed by atoms with Crippen LogP contribution in [0.1, 0.15) is 0 Å². The number of nitrogens with zero attached hydrogens (tertiary/aromatic N) is 2. The molecule has 8 heteroatoms. The highest BCUT2D eigenvalue weighted by Gasteiger charge is 2.14. The Morgan fingerprint density at radius 1 is 1.18 bits per heavy atom. The Balaban J connectivity index is 1.38. The van der Waals surface area contributed by atoms with Gasteiger partial charge in [0.25, 0.3) is 5.56 Å². The molecule has 0 saturated heterocycles. The average Bonchev–Trinajstić information content (AvgIpc) is 3.08. The highest BCUT2D eigenvalue weighted by Crippen LogP contribution is 2.24. The SMILES string of the molecule is O=C(Cn1cnc2c(oc3ccccc32)c1=O)NCCSc1ccc(Cl)cc1. The molecule has 0 aliphatic carbocycles. The zero-order valence-electron chi connectivity index (χ0n) is 14.7. The van der Waals surface area contributed by atoms with Crippen molar-refractivity contribution in [3.05, 3.63) is 70.2 Å². The van der Waals surface area contributed by atoms with E-state index in [2.05, 4.69) is 10.3 Å². The zero-order chi connectivity index (χ0) is 19.5. The normalized spacial score (nSPS) is 11.2. The first-order chi connectivity index (χ1) is 13.6. The molecule has 0 atom stereocenters. The molecule has 28 heavy (non-hydrogen) atoms. The van der Waals surface area contributed by atoms with Crippen LogP contribution in [0.25, 0.3) is 22.1 Å². The van der Waals surface area contributed by atoms with E-state index in [1.54, 1.807) is 17.8 Å². The van der Waals surface area contributed by atoms with Gasteiger partial charge in [0, 0.05) is 27.6 Å². The maximum atomic E-state index is 12.6. The number of carbonyl (C=O) groups excluding carboxylic acids is 1. The summed E-state index contributed by atoms with van der Waals surface area (Å²) in [5.41, 5.74) is 0.904. The van der Waals surface area contributed by atoms with Crippen LogP contribution in [-0.4, -0.2) is 27.8 Å². The van der Waals surface area contributed by atoms with Crippen molar-refractivity contribution in [1.82, 2.24) is 14.9 Å². The number of furan rings is 1. The van der Waals surface area contributed by atoms with Gasteiger partial charge in [0.05, 0.1) is 6.33 Å². The van der Waals surface area contributed by atoms with Crippen molar-refractivity contribution < 1.29 is 9.21 Å². The Labute approximate surface area is 169 Å². The van der Waals surface area contributed by atoms with Crippen LogP contribution in [0.5, 0.6) is 0 Å². The molecular weight excluding hydrogens is 398 g/mol. The third-order valence-electron chi connectivity index (χ3n) is 4.17. The molecule has 0 saturated carbocycles. The summed E-state index contributed by atoms with van der Waals surface area (Å²) in [5, 5.41) is 4.29. The van der Waals surface area contributed by atoms with Crippen molar-refractivity contribution in [1.29, 1.82) is 0 Å². The van der Waals surface area contributed by atoms with E-state index in [0.29, 0.717) is 28.4 Å². The van der Waals surface area contributed by atoms with Gasteiger partial charge in [-0.2, -0.15) is 0 Å². The molecule has 0 bridgehead atoms. The number of hydrogen-bond acceptors (Lipinski definition) is 5. The van der Waals surface area contributed by atoms with Gasteiger partial charge in [-0.25, -0.2) is 4.98 Å². The summed E-state index contributed by atoms with van der Waals surface area (Å²) in [5.74, 6) is 0.458. The molecule has 0 fully saturated rings. The number of fused-ring (bicyclic) bond motifs is 3. The summed E-state index contributed by atoms with van der Waals surface area (Å²) in [6.07, 6.45) is 1.38. The summed E-state index contributed by atoms with van der Waals surface area (Å²) in [6.45, 7) is 0.381. The standard InChI is InChI=1S/C20H16ClN3O3S/c21-13-5-7-14(8-6-13)28-10-9-22-17(25)11-24-12-23-18-15-3-1-2-4-16(15)27-19(18)20(24)26/h1-8,12H,9-11H2,(H,22,25). The highest BCUT2D eigenvalue weighted by molar-refractivity contribution is 7.99. The molecule has 4 aromatic rings. The molecule has 0 radical (unpaired) electrons. The van der Waals surface area contributed by atoms with Gasteiger partial charge in [0.1, 0.15) is 17.6 Å². The summed E-state index contributed by atoms with van der Waals surface area (Å²) in [7, 11) is 0. The smallest absolute Gasteiger partial charge is 0.297 e. The van der Waals surface area contributed by atoms with Crippen molar-refractivity contribution >= 4 is 51.3 Å². The third-order valence-corrected chi connectivity index (χ3v) is 5.44. The second-order valence-electron chi connectivity index (χ2n) is 6.11. The Hall–Kier alpha value is -2.77. The summed E-state index contributed by atoms with van der Waals surface area (Å²) < 4.78 is 6.88. The van der Waals surface area contributed by atoms with E-state index in [1.165, 1.54) is 10.9 Å². The van der Waals surface area contributed by atoms with Gasteiger partial charge >= 0.3 is 0 Å². The van der Waals surface area contributed by atoms with Gasteiger partial charge in [0.15, 0.2) is 0 Å². The maximum Gasteiger partial charge on any atom is 0.297 e. The molecule has 0 aliphatic heterocycles. The quantitative estimate of drug-likeness (QED) is 0.385. The third kappa shape index (κ3) is 3.90. The number of amides is 1. The number of thioether (sulfide) groups is 1. The molecule has 1 amide bonds. The number of aromatic nitrogens is 2. The van der Waals surface area contributed by atoms with E-state index >= 15 is 0 Å². The Morgan fingerprint density at radius 3 is 2.79 bits per heavy atom. The molecule has 2 aromatic carbocycles. The van der Waals surface area contributed by atoms with Crippen LogP contribution in [0.15, 0.2) is 69.0 Å². The lowest BCUT2D eigenvalue weighted by Gasteiger charge is -2.07. The van der Waals surface area contributed by atoms with Crippen LogP contribution in [0.4, 0.5) is 0 Å². The summed E-state index contributed by atoms with van der Waals surface area (Å²) in [4.78, 5) is 30.2. The van der Waals surface area contributed by atoms with E-state index in [1.807, 2.05) is 42.5 Å². The predicted molar refractivity (Wildman–Crippen MR) is 111 cm³/mol. The Bertz CT molecular complexity index is 1200. The molecule has 0 aliphatic rings. The lowest BCUT2D eigenvalue weighted by atomic mass is 10.2.